The van der Waals surface area contributed by atoms with E-state index in [1.165, 1.54) is 5.01 Å². The van der Waals surface area contributed by atoms with Crippen LogP contribution in [0.1, 0.15) is 37.3 Å². The van der Waals surface area contributed by atoms with Gasteiger partial charge in [0.25, 0.3) is 0 Å². The number of nitrogens with zero attached hydrogens (tertiary/aromatic N) is 3. The Morgan fingerprint density at radius 1 is 1.05 bits per heavy atom. The van der Waals surface area contributed by atoms with Gasteiger partial charge in [0.1, 0.15) is 6.61 Å². The van der Waals surface area contributed by atoms with E-state index in [4.69, 9.17) is 14.2 Å². The molecule has 0 saturated carbocycles. The van der Waals surface area contributed by atoms with E-state index in [0.29, 0.717) is 49.8 Å². The number of amides is 2. The van der Waals surface area contributed by atoms with Crippen molar-refractivity contribution in [2.45, 2.75) is 32.7 Å². The van der Waals surface area contributed by atoms with Crippen LogP contribution in [0.15, 0.2) is 47.6 Å². The largest absolute Gasteiger partial charge is 0.493 e. The van der Waals surface area contributed by atoms with Gasteiger partial charge < -0.3 is 19.5 Å². The van der Waals surface area contributed by atoms with Gasteiger partial charge in [-0.1, -0.05) is 19.1 Å². The van der Waals surface area contributed by atoms with Crippen LogP contribution >= 0.6 is 0 Å². The number of ether oxygens (including phenoxy) is 3. The van der Waals surface area contributed by atoms with E-state index in [2.05, 4.69) is 27.6 Å². The molecule has 204 valence electrons. The van der Waals surface area contributed by atoms with E-state index < -0.39 is 6.09 Å². The molecular weight excluding hydrogens is 486 g/mol. The number of methoxy groups -OCH3 is 1. The van der Waals surface area contributed by atoms with E-state index in [1.807, 2.05) is 30.3 Å². The fraction of sp³-hybridized carbons (Fsp3) is 0.464. The highest BCUT2D eigenvalue weighted by Gasteiger charge is 2.22. The van der Waals surface area contributed by atoms with Crippen LogP contribution < -0.4 is 20.1 Å². The number of carbonyl (C=O) groups is 2. The summed E-state index contributed by atoms with van der Waals surface area (Å²) >= 11 is 0. The molecule has 10 heteroatoms. The van der Waals surface area contributed by atoms with Crippen molar-refractivity contribution in [3.8, 4) is 11.5 Å². The van der Waals surface area contributed by atoms with E-state index in [1.54, 1.807) is 19.2 Å². The Kier molecular flexibility index (Phi) is 9.94. The van der Waals surface area contributed by atoms with Crippen molar-refractivity contribution >= 4 is 23.4 Å². The Balaban J connectivity index is 1.33. The number of anilines is 1. The van der Waals surface area contributed by atoms with Gasteiger partial charge in [0.2, 0.25) is 5.91 Å². The number of piperazine rings is 1. The quantitative estimate of drug-likeness (QED) is 0.465. The fourth-order valence-electron chi connectivity index (χ4n) is 4.34. The van der Waals surface area contributed by atoms with Crippen molar-refractivity contribution in [3.63, 3.8) is 0 Å². The van der Waals surface area contributed by atoms with Crippen LogP contribution in [0.4, 0.5) is 10.5 Å². The number of hydrogen-bond donors (Lipinski definition) is 2. The number of benzene rings is 2. The molecule has 0 spiro atoms. The van der Waals surface area contributed by atoms with Gasteiger partial charge in [-0.25, -0.2) is 9.80 Å². The van der Waals surface area contributed by atoms with Crippen molar-refractivity contribution in [1.29, 1.82) is 0 Å². The lowest BCUT2D eigenvalue weighted by molar-refractivity contribution is -0.132. The topological polar surface area (TPSA) is 105 Å². The average Bonchev–Trinajstić information content (AvgIpc) is 2.94. The molecule has 0 unspecified atom stereocenters. The second-order valence-corrected chi connectivity index (χ2v) is 9.26. The van der Waals surface area contributed by atoms with Gasteiger partial charge in [0, 0.05) is 56.8 Å². The summed E-state index contributed by atoms with van der Waals surface area (Å²) in [6, 6.07) is 13.1. The minimum atomic E-state index is -0.477. The molecule has 38 heavy (non-hydrogen) atoms. The summed E-state index contributed by atoms with van der Waals surface area (Å²) < 4.78 is 16.6. The SMILES string of the molecule is CCCOc1cc(C2=NN(Cc3ccc(NC(=O)OCCN4CCNCC4)cc3)C(=O)CC2)ccc1OC. The molecular formula is C28H37N5O5. The Hall–Kier alpha value is -3.63. The van der Waals surface area contributed by atoms with Crippen molar-refractivity contribution in [3.05, 3.63) is 53.6 Å². The molecule has 2 aliphatic heterocycles. The second kappa shape index (κ2) is 13.8. The van der Waals surface area contributed by atoms with Gasteiger partial charge in [-0.2, -0.15) is 5.10 Å². The van der Waals surface area contributed by atoms with Crippen LogP contribution in [0.2, 0.25) is 0 Å². The first kappa shape index (κ1) is 27.4. The smallest absolute Gasteiger partial charge is 0.411 e. The molecule has 0 radical (unpaired) electrons. The number of hydrogen-bond acceptors (Lipinski definition) is 8. The molecule has 2 heterocycles. The van der Waals surface area contributed by atoms with Crippen molar-refractivity contribution in [1.82, 2.24) is 15.2 Å². The zero-order chi connectivity index (χ0) is 26.7. The molecule has 2 aromatic rings. The van der Waals surface area contributed by atoms with Crippen molar-refractivity contribution < 1.29 is 23.8 Å². The van der Waals surface area contributed by atoms with Gasteiger partial charge in [0.05, 0.1) is 26.0 Å². The highest BCUT2D eigenvalue weighted by atomic mass is 16.5. The van der Waals surface area contributed by atoms with Crippen LogP contribution in [-0.2, 0) is 16.1 Å². The molecule has 2 aromatic carbocycles. The van der Waals surface area contributed by atoms with Gasteiger partial charge in [0.15, 0.2) is 11.5 Å². The Labute approximate surface area is 223 Å². The lowest BCUT2D eigenvalue weighted by atomic mass is 10.0. The van der Waals surface area contributed by atoms with Crippen LogP contribution in [0.25, 0.3) is 0 Å². The Morgan fingerprint density at radius 3 is 2.58 bits per heavy atom. The zero-order valence-corrected chi connectivity index (χ0v) is 22.2. The lowest BCUT2D eigenvalue weighted by Crippen LogP contribution is -2.44. The third kappa shape index (κ3) is 7.69. The summed E-state index contributed by atoms with van der Waals surface area (Å²) in [5, 5.41) is 12.2. The third-order valence-corrected chi connectivity index (χ3v) is 6.45. The standard InChI is InChI=1S/C28H37N5O5/c1-3-17-37-26-19-22(6-10-25(26)36-2)24-9-11-27(34)33(31-24)20-21-4-7-23(8-5-21)30-28(35)38-18-16-32-14-12-29-13-15-32/h4-8,10,19,29H,3,9,11-18,20H2,1-2H3,(H,30,35). The summed E-state index contributed by atoms with van der Waals surface area (Å²) in [6.07, 6.45) is 1.36. The molecule has 2 amide bonds. The molecule has 2 aliphatic rings. The van der Waals surface area contributed by atoms with Crippen LogP contribution in [0, 0.1) is 0 Å². The third-order valence-electron chi connectivity index (χ3n) is 6.45. The van der Waals surface area contributed by atoms with E-state index in [0.717, 1.165) is 56.0 Å². The zero-order valence-electron chi connectivity index (χ0n) is 22.2. The highest BCUT2D eigenvalue weighted by molar-refractivity contribution is 6.04. The summed E-state index contributed by atoms with van der Waals surface area (Å²) in [7, 11) is 1.62. The highest BCUT2D eigenvalue weighted by Crippen LogP contribution is 2.30. The lowest BCUT2D eigenvalue weighted by Gasteiger charge is -2.26. The minimum absolute atomic E-state index is 0.0278. The average molecular weight is 524 g/mol. The molecule has 1 fully saturated rings. The summed E-state index contributed by atoms with van der Waals surface area (Å²) in [6.45, 7) is 7.91. The van der Waals surface area contributed by atoms with Gasteiger partial charge in [-0.15, -0.1) is 0 Å². The van der Waals surface area contributed by atoms with Gasteiger partial charge in [-0.05, 0) is 42.3 Å². The van der Waals surface area contributed by atoms with E-state index >= 15 is 0 Å². The predicted octanol–water partition coefficient (Wildman–Crippen LogP) is 3.46. The first-order valence-electron chi connectivity index (χ1n) is 13.2. The minimum Gasteiger partial charge on any atom is -0.493 e. The van der Waals surface area contributed by atoms with Crippen molar-refractivity contribution in [2.24, 2.45) is 5.10 Å². The maximum absolute atomic E-state index is 12.6. The molecule has 2 N–H and O–H groups in total. The molecule has 10 nitrogen and oxygen atoms in total. The number of rotatable bonds is 11. The van der Waals surface area contributed by atoms with Crippen LogP contribution in [-0.4, -0.2) is 80.7 Å². The molecule has 0 bridgehead atoms. The number of carbonyl (C=O) groups excluding carboxylic acids is 2. The van der Waals surface area contributed by atoms with E-state index in [-0.39, 0.29) is 5.91 Å². The monoisotopic (exact) mass is 523 g/mol. The van der Waals surface area contributed by atoms with Crippen LogP contribution in [0.5, 0.6) is 11.5 Å². The first-order chi connectivity index (χ1) is 18.6. The predicted molar refractivity (Wildman–Crippen MR) is 146 cm³/mol. The Bertz CT molecular complexity index is 1120. The van der Waals surface area contributed by atoms with E-state index in [9.17, 15) is 9.59 Å². The molecule has 1 saturated heterocycles. The molecule has 0 aromatic heterocycles. The molecule has 0 aliphatic carbocycles. The Morgan fingerprint density at radius 2 is 1.84 bits per heavy atom. The summed E-state index contributed by atoms with van der Waals surface area (Å²) in [4.78, 5) is 27.0. The summed E-state index contributed by atoms with van der Waals surface area (Å²) in [5.41, 5.74) is 3.27. The van der Waals surface area contributed by atoms with Crippen molar-refractivity contribution in [2.75, 3.05) is 58.4 Å². The fourth-order valence-corrected chi connectivity index (χ4v) is 4.34. The molecule has 0 atom stereocenters. The summed E-state index contributed by atoms with van der Waals surface area (Å²) in [5.74, 6) is 1.31. The normalized spacial score (nSPS) is 16.1. The van der Waals surface area contributed by atoms with Gasteiger partial charge >= 0.3 is 6.09 Å². The second-order valence-electron chi connectivity index (χ2n) is 9.26. The number of hydrazone groups is 1. The first-order valence-corrected chi connectivity index (χ1v) is 13.2. The number of nitrogens with one attached hydrogen (secondary N) is 2. The molecule has 4 rings (SSSR count). The van der Waals surface area contributed by atoms with Crippen LogP contribution in [0.3, 0.4) is 0 Å². The maximum atomic E-state index is 12.6. The van der Waals surface area contributed by atoms with Gasteiger partial charge in [-0.3, -0.25) is 15.0 Å². The maximum Gasteiger partial charge on any atom is 0.411 e.